The van der Waals surface area contributed by atoms with Crippen LogP contribution in [0.3, 0.4) is 0 Å². The third-order valence-corrected chi connectivity index (χ3v) is 4.11. The Bertz CT molecular complexity index is 667. The first kappa shape index (κ1) is 20.9. The molecule has 1 heterocycles. The van der Waals surface area contributed by atoms with Crippen LogP contribution >= 0.6 is 0 Å². The van der Waals surface area contributed by atoms with Gasteiger partial charge >= 0.3 is 11.9 Å². The smallest absolute Gasteiger partial charge is 0.335 e. The Morgan fingerprint density at radius 3 is 2.44 bits per heavy atom. The minimum absolute atomic E-state index is 0.114. The minimum Gasteiger partial charge on any atom is -0.464 e. The molecule has 2 atom stereocenters. The lowest BCUT2D eigenvalue weighted by atomic mass is 9.95. The Balaban J connectivity index is 2.20. The van der Waals surface area contributed by atoms with Crippen LogP contribution in [0.25, 0.3) is 0 Å². The van der Waals surface area contributed by atoms with Crippen LogP contribution in [0.1, 0.15) is 46.1 Å². The molecule has 1 saturated heterocycles. The van der Waals surface area contributed by atoms with E-state index in [1.807, 2.05) is 30.3 Å². The molecule has 1 aliphatic rings. The first-order valence-electron chi connectivity index (χ1n) is 9.10. The van der Waals surface area contributed by atoms with Crippen LogP contribution in [-0.2, 0) is 35.3 Å². The van der Waals surface area contributed by atoms with Gasteiger partial charge in [0, 0.05) is 6.42 Å². The van der Waals surface area contributed by atoms with Crippen LogP contribution in [0.15, 0.2) is 30.3 Å². The number of carbonyl (C=O) groups excluding carboxylic acids is 3. The number of ether oxygens (including phenoxy) is 2. The summed E-state index contributed by atoms with van der Waals surface area (Å²) in [5.41, 5.74) is 0.123. The summed E-state index contributed by atoms with van der Waals surface area (Å²) in [5, 5.41) is 1.01. The molecule has 2 unspecified atom stereocenters. The summed E-state index contributed by atoms with van der Waals surface area (Å²) in [6.45, 7) is 7.12. The van der Waals surface area contributed by atoms with Crippen molar-refractivity contribution < 1.29 is 28.7 Å². The van der Waals surface area contributed by atoms with Crippen molar-refractivity contribution in [2.45, 2.75) is 59.3 Å². The van der Waals surface area contributed by atoms with Crippen LogP contribution in [0.4, 0.5) is 0 Å². The molecule has 0 aliphatic carbocycles. The van der Waals surface area contributed by atoms with E-state index in [0.717, 1.165) is 10.6 Å². The Morgan fingerprint density at radius 1 is 1.19 bits per heavy atom. The molecule has 0 N–H and O–H groups in total. The topological polar surface area (TPSA) is 82.1 Å². The predicted molar refractivity (Wildman–Crippen MR) is 97.1 cm³/mol. The van der Waals surface area contributed by atoms with E-state index in [1.54, 1.807) is 27.7 Å². The van der Waals surface area contributed by atoms with Crippen molar-refractivity contribution in [3.63, 3.8) is 0 Å². The van der Waals surface area contributed by atoms with E-state index < -0.39 is 29.5 Å². The second kappa shape index (κ2) is 8.99. The third kappa shape index (κ3) is 5.53. The normalized spacial score (nSPS) is 20.3. The first-order valence-corrected chi connectivity index (χ1v) is 9.10. The lowest BCUT2D eigenvalue weighted by Crippen LogP contribution is -2.57. The highest BCUT2D eigenvalue weighted by Crippen LogP contribution is 2.27. The third-order valence-electron chi connectivity index (χ3n) is 4.11. The van der Waals surface area contributed by atoms with Gasteiger partial charge in [-0.05, 0) is 39.7 Å². The van der Waals surface area contributed by atoms with Crippen molar-refractivity contribution in [2.24, 2.45) is 5.41 Å². The van der Waals surface area contributed by atoms with Gasteiger partial charge in [-0.15, -0.1) is 0 Å². The number of hydrogen-bond donors (Lipinski definition) is 0. The average molecular weight is 377 g/mol. The summed E-state index contributed by atoms with van der Waals surface area (Å²) in [4.78, 5) is 42.9. The number of nitrogens with zero attached hydrogens (tertiary/aromatic N) is 1. The van der Waals surface area contributed by atoms with Crippen molar-refractivity contribution in [1.82, 2.24) is 5.06 Å². The molecule has 1 aromatic rings. The van der Waals surface area contributed by atoms with Crippen LogP contribution in [-0.4, -0.2) is 41.7 Å². The quantitative estimate of drug-likeness (QED) is 0.709. The zero-order chi connectivity index (χ0) is 20.0. The molecule has 0 bridgehead atoms. The maximum absolute atomic E-state index is 12.5. The molecule has 148 valence electrons. The van der Waals surface area contributed by atoms with E-state index in [0.29, 0.717) is 0 Å². The van der Waals surface area contributed by atoms with E-state index in [1.165, 1.54) is 0 Å². The fourth-order valence-electron chi connectivity index (χ4n) is 2.62. The number of amides is 1. The zero-order valence-electron chi connectivity index (χ0n) is 16.3. The molecule has 0 spiro atoms. The average Bonchev–Trinajstić information content (AvgIpc) is 2.62. The standard InChI is InChI=1S/C20H27NO6/c1-5-25-18(23)17-15(27-19(24)20(2,3)4)11-12-16(22)21(17)26-13-14-9-7-6-8-10-14/h6-10,15,17H,5,11-13H2,1-4H3. The van der Waals surface area contributed by atoms with Gasteiger partial charge in [0.1, 0.15) is 12.7 Å². The molecule has 0 saturated carbocycles. The summed E-state index contributed by atoms with van der Waals surface area (Å²) in [7, 11) is 0. The molecular formula is C20H27NO6. The van der Waals surface area contributed by atoms with Gasteiger partial charge in [-0.25, -0.2) is 9.86 Å². The molecule has 1 amide bonds. The molecule has 1 aliphatic heterocycles. The summed E-state index contributed by atoms with van der Waals surface area (Å²) < 4.78 is 10.7. The molecule has 1 fully saturated rings. The number of esters is 2. The summed E-state index contributed by atoms with van der Waals surface area (Å²) in [6.07, 6.45) is -0.452. The highest BCUT2D eigenvalue weighted by Gasteiger charge is 2.46. The monoisotopic (exact) mass is 377 g/mol. The molecule has 7 nitrogen and oxygen atoms in total. The van der Waals surface area contributed by atoms with Crippen molar-refractivity contribution in [1.29, 1.82) is 0 Å². The largest absolute Gasteiger partial charge is 0.464 e. The predicted octanol–water partition coefficient (Wildman–Crippen LogP) is 2.63. The molecule has 0 radical (unpaired) electrons. The van der Waals surface area contributed by atoms with Crippen LogP contribution in [0, 0.1) is 5.41 Å². The van der Waals surface area contributed by atoms with Crippen molar-refractivity contribution in [2.75, 3.05) is 6.61 Å². The van der Waals surface area contributed by atoms with Crippen LogP contribution < -0.4 is 0 Å². The zero-order valence-corrected chi connectivity index (χ0v) is 16.3. The van der Waals surface area contributed by atoms with Gasteiger partial charge in [0.05, 0.1) is 12.0 Å². The number of rotatable bonds is 6. The number of piperidine rings is 1. The highest BCUT2D eigenvalue weighted by molar-refractivity contribution is 5.86. The lowest BCUT2D eigenvalue weighted by Gasteiger charge is -2.38. The summed E-state index contributed by atoms with van der Waals surface area (Å²) >= 11 is 0. The van der Waals surface area contributed by atoms with E-state index in [-0.39, 0.29) is 32.0 Å². The first-order chi connectivity index (χ1) is 12.7. The van der Waals surface area contributed by atoms with Crippen molar-refractivity contribution in [3.05, 3.63) is 35.9 Å². The van der Waals surface area contributed by atoms with E-state index in [9.17, 15) is 14.4 Å². The second-order valence-corrected chi connectivity index (χ2v) is 7.41. The fraction of sp³-hybridized carbons (Fsp3) is 0.550. The molecule has 0 aromatic heterocycles. The van der Waals surface area contributed by atoms with Gasteiger partial charge < -0.3 is 9.47 Å². The van der Waals surface area contributed by atoms with Gasteiger partial charge in [-0.2, -0.15) is 0 Å². The molecule has 7 heteroatoms. The SMILES string of the molecule is CCOC(=O)C1C(OC(=O)C(C)(C)C)CCC(=O)N1OCc1ccccc1. The lowest BCUT2D eigenvalue weighted by molar-refractivity contribution is -0.236. The Hall–Kier alpha value is -2.41. The number of benzene rings is 1. The van der Waals surface area contributed by atoms with Gasteiger partial charge in [0.25, 0.3) is 0 Å². The maximum Gasteiger partial charge on any atom is 0.335 e. The summed E-state index contributed by atoms with van der Waals surface area (Å²) in [5.74, 6) is -1.43. The van der Waals surface area contributed by atoms with Crippen LogP contribution in [0.2, 0.25) is 0 Å². The Labute approximate surface area is 159 Å². The Morgan fingerprint density at radius 2 is 1.85 bits per heavy atom. The molecule has 1 aromatic carbocycles. The maximum atomic E-state index is 12.5. The highest BCUT2D eigenvalue weighted by atomic mass is 16.7. The van der Waals surface area contributed by atoms with Gasteiger partial charge in [-0.1, -0.05) is 30.3 Å². The summed E-state index contributed by atoms with van der Waals surface area (Å²) in [6, 6.07) is 8.16. The molecule has 27 heavy (non-hydrogen) atoms. The second-order valence-electron chi connectivity index (χ2n) is 7.41. The fourth-order valence-corrected chi connectivity index (χ4v) is 2.62. The Kier molecular flexibility index (Phi) is 6.96. The van der Waals surface area contributed by atoms with E-state index in [2.05, 4.69) is 0 Å². The van der Waals surface area contributed by atoms with Crippen LogP contribution in [0.5, 0.6) is 0 Å². The van der Waals surface area contributed by atoms with Gasteiger partial charge in [-0.3, -0.25) is 14.4 Å². The van der Waals surface area contributed by atoms with E-state index >= 15 is 0 Å². The molecule has 2 rings (SSSR count). The minimum atomic E-state index is -1.12. The number of hydrogen-bond acceptors (Lipinski definition) is 6. The van der Waals surface area contributed by atoms with Crippen molar-refractivity contribution in [3.8, 4) is 0 Å². The van der Waals surface area contributed by atoms with Gasteiger partial charge in [0.15, 0.2) is 6.04 Å². The number of hydroxylamine groups is 2. The van der Waals surface area contributed by atoms with Crippen molar-refractivity contribution >= 4 is 17.8 Å². The molecular weight excluding hydrogens is 350 g/mol. The van der Waals surface area contributed by atoms with E-state index in [4.69, 9.17) is 14.3 Å². The number of carbonyl (C=O) groups is 3. The van der Waals surface area contributed by atoms with Gasteiger partial charge in [0.2, 0.25) is 5.91 Å².